The lowest BCUT2D eigenvalue weighted by Gasteiger charge is -2.08. The first-order chi connectivity index (χ1) is 9.06. The van der Waals surface area contributed by atoms with Gasteiger partial charge in [-0.25, -0.2) is 13.2 Å². The van der Waals surface area contributed by atoms with Crippen molar-refractivity contribution in [3.8, 4) is 0 Å². The summed E-state index contributed by atoms with van der Waals surface area (Å²) in [6.07, 6.45) is 0.590. The molecule has 98 valence electrons. The molecule has 2 aromatic carbocycles. The van der Waals surface area contributed by atoms with Crippen molar-refractivity contribution in [2.75, 3.05) is 0 Å². The van der Waals surface area contributed by atoms with Gasteiger partial charge in [0.1, 0.15) is 0 Å². The van der Waals surface area contributed by atoms with Crippen LogP contribution in [-0.2, 0) is 6.42 Å². The van der Waals surface area contributed by atoms with Gasteiger partial charge in [-0.05, 0) is 24.1 Å². The van der Waals surface area contributed by atoms with Crippen molar-refractivity contribution < 1.29 is 18.0 Å². The van der Waals surface area contributed by atoms with E-state index in [1.807, 2.05) is 6.92 Å². The summed E-state index contributed by atoms with van der Waals surface area (Å²) in [6, 6.07) is 8.40. The molecule has 19 heavy (non-hydrogen) atoms. The lowest BCUT2D eigenvalue weighted by Crippen LogP contribution is -2.09. The third kappa shape index (κ3) is 2.38. The largest absolute Gasteiger partial charge is 0.288 e. The highest BCUT2D eigenvalue weighted by Gasteiger charge is 2.21. The molecule has 0 amide bonds. The van der Waals surface area contributed by atoms with Crippen LogP contribution in [0.4, 0.5) is 13.2 Å². The number of benzene rings is 2. The summed E-state index contributed by atoms with van der Waals surface area (Å²) >= 11 is 0. The molecule has 0 saturated carbocycles. The smallest absolute Gasteiger partial charge is 0.196 e. The molecule has 0 heterocycles. The van der Waals surface area contributed by atoms with Crippen LogP contribution in [0.1, 0.15) is 28.4 Å². The van der Waals surface area contributed by atoms with Crippen molar-refractivity contribution in [2.45, 2.75) is 13.3 Å². The summed E-state index contributed by atoms with van der Waals surface area (Å²) in [6.45, 7) is 1.85. The molecule has 0 aliphatic carbocycles. The summed E-state index contributed by atoms with van der Waals surface area (Å²) in [5.74, 6) is -5.03. The molecule has 2 rings (SSSR count). The molecule has 0 atom stereocenters. The zero-order valence-corrected chi connectivity index (χ0v) is 10.2. The van der Waals surface area contributed by atoms with E-state index in [1.165, 1.54) is 0 Å². The van der Waals surface area contributed by atoms with Gasteiger partial charge < -0.3 is 0 Å². The van der Waals surface area contributed by atoms with Crippen molar-refractivity contribution in [3.05, 3.63) is 70.5 Å². The zero-order chi connectivity index (χ0) is 14.0. The van der Waals surface area contributed by atoms with Gasteiger partial charge in [0.2, 0.25) is 0 Å². The number of hydrogen-bond acceptors (Lipinski definition) is 1. The van der Waals surface area contributed by atoms with Crippen LogP contribution in [0.2, 0.25) is 0 Å². The molecule has 4 heteroatoms. The number of carbonyl (C=O) groups excluding carboxylic acids is 1. The zero-order valence-electron chi connectivity index (χ0n) is 10.2. The molecule has 0 N–H and O–H groups in total. The molecule has 0 fully saturated rings. The topological polar surface area (TPSA) is 17.1 Å². The second-order valence-corrected chi connectivity index (χ2v) is 4.06. The molecular weight excluding hydrogens is 253 g/mol. The van der Waals surface area contributed by atoms with Crippen molar-refractivity contribution in [2.24, 2.45) is 0 Å². The Morgan fingerprint density at radius 2 is 1.63 bits per heavy atom. The van der Waals surface area contributed by atoms with Gasteiger partial charge in [-0.1, -0.05) is 31.2 Å². The van der Waals surface area contributed by atoms with Gasteiger partial charge in [0.05, 0.1) is 5.56 Å². The standard InChI is InChI=1S/C15H11F3O/c1-2-9-5-3-4-6-10(9)15(19)11-7-8-12(16)14(18)13(11)17/h3-8H,2H2,1H3. The third-order valence-corrected chi connectivity index (χ3v) is 2.92. The average Bonchev–Trinajstić information content (AvgIpc) is 2.44. The third-order valence-electron chi connectivity index (χ3n) is 2.92. The number of carbonyl (C=O) groups is 1. The summed E-state index contributed by atoms with van der Waals surface area (Å²) in [7, 11) is 0. The summed E-state index contributed by atoms with van der Waals surface area (Å²) < 4.78 is 39.6. The molecule has 1 nitrogen and oxygen atoms in total. The number of ketones is 1. The summed E-state index contributed by atoms with van der Waals surface area (Å²) in [5, 5.41) is 0. The Labute approximate surface area is 108 Å². The minimum absolute atomic E-state index is 0.301. The highest BCUT2D eigenvalue weighted by Crippen LogP contribution is 2.20. The fourth-order valence-electron chi connectivity index (χ4n) is 1.90. The molecule has 0 radical (unpaired) electrons. The van der Waals surface area contributed by atoms with E-state index in [0.29, 0.717) is 12.0 Å². The van der Waals surface area contributed by atoms with Gasteiger partial charge in [0, 0.05) is 5.56 Å². The predicted molar refractivity (Wildman–Crippen MR) is 65.6 cm³/mol. The molecule has 0 spiro atoms. The van der Waals surface area contributed by atoms with Gasteiger partial charge >= 0.3 is 0 Å². The minimum Gasteiger partial charge on any atom is -0.288 e. The normalized spacial score (nSPS) is 10.5. The highest BCUT2D eigenvalue weighted by molar-refractivity contribution is 6.10. The molecule has 0 bridgehead atoms. The van der Waals surface area contributed by atoms with Crippen molar-refractivity contribution >= 4 is 5.78 Å². The Morgan fingerprint density at radius 1 is 0.947 bits per heavy atom. The first kappa shape index (κ1) is 13.3. The lowest BCUT2D eigenvalue weighted by molar-refractivity contribution is 0.103. The van der Waals surface area contributed by atoms with Gasteiger partial charge in [0.25, 0.3) is 0 Å². The molecule has 0 aliphatic heterocycles. The SMILES string of the molecule is CCc1ccccc1C(=O)c1ccc(F)c(F)c1F. The minimum atomic E-state index is -1.63. The summed E-state index contributed by atoms with van der Waals surface area (Å²) in [5.41, 5.74) is 0.575. The maximum Gasteiger partial charge on any atom is 0.196 e. The van der Waals surface area contributed by atoms with E-state index >= 15 is 0 Å². The molecule has 0 aliphatic rings. The Kier molecular flexibility index (Phi) is 3.69. The van der Waals surface area contributed by atoms with E-state index in [4.69, 9.17) is 0 Å². The van der Waals surface area contributed by atoms with Crippen LogP contribution in [0.15, 0.2) is 36.4 Å². The van der Waals surface area contributed by atoms with E-state index in [9.17, 15) is 18.0 Å². The van der Waals surface area contributed by atoms with Crippen LogP contribution in [0.3, 0.4) is 0 Å². The molecule has 0 aromatic heterocycles. The van der Waals surface area contributed by atoms with Crippen molar-refractivity contribution in [3.63, 3.8) is 0 Å². The Balaban J connectivity index is 2.54. The number of aryl methyl sites for hydroxylation is 1. The van der Waals surface area contributed by atoms with Gasteiger partial charge in [-0.3, -0.25) is 4.79 Å². The quantitative estimate of drug-likeness (QED) is 0.607. The van der Waals surface area contributed by atoms with E-state index in [2.05, 4.69) is 0 Å². The summed E-state index contributed by atoms with van der Waals surface area (Å²) in [4.78, 5) is 12.2. The van der Waals surface area contributed by atoms with Crippen LogP contribution < -0.4 is 0 Å². The highest BCUT2D eigenvalue weighted by atomic mass is 19.2. The van der Waals surface area contributed by atoms with Crippen LogP contribution in [-0.4, -0.2) is 5.78 Å². The van der Waals surface area contributed by atoms with Crippen LogP contribution in [0.25, 0.3) is 0 Å². The van der Waals surface area contributed by atoms with E-state index in [-0.39, 0.29) is 0 Å². The van der Waals surface area contributed by atoms with E-state index in [0.717, 1.165) is 17.7 Å². The fourth-order valence-corrected chi connectivity index (χ4v) is 1.90. The van der Waals surface area contributed by atoms with Gasteiger partial charge in [-0.2, -0.15) is 0 Å². The molecule has 2 aromatic rings. The van der Waals surface area contributed by atoms with Crippen molar-refractivity contribution in [1.29, 1.82) is 0 Å². The number of hydrogen-bond donors (Lipinski definition) is 0. The van der Waals surface area contributed by atoms with E-state index < -0.39 is 28.8 Å². The van der Waals surface area contributed by atoms with E-state index in [1.54, 1.807) is 24.3 Å². The molecule has 0 saturated heterocycles. The molecule has 0 unspecified atom stereocenters. The second-order valence-electron chi connectivity index (χ2n) is 4.06. The Hall–Kier alpha value is -2.10. The van der Waals surface area contributed by atoms with Crippen LogP contribution in [0.5, 0.6) is 0 Å². The Bertz CT molecular complexity index is 635. The monoisotopic (exact) mass is 264 g/mol. The first-order valence-corrected chi connectivity index (χ1v) is 5.82. The Morgan fingerprint density at radius 3 is 2.32 bits per heavy atom. The maximum atomic E-state index is 13.6. The fraction of sp³-hybridized carbons (Fsp3) is 0.133. The predicted octanol–water partition coefficient (Wildman–Crippen LogP) is 3.90. The van der Waals surface area contributed by atoms with Gasteiger partial charge in [0.15, 0.2) is 23.2 Å². The van der Waals surface area contributed by atoms with Crippen LogP contribution >= 0.6 is 0 Å². The van der Waals surface area contributed by atoms with Gasteiger partial charge in [-0.15, -0.1) is 0 Å². The average molecular weight is 264 g/mol. The molecular formula is C15H11F3O. The second kappa shape index (κ2) is 5.26. The maximum absolute atomic E-state index is 13.6. The number of rotatable bonds is 3. The lowest BCUT2D eigenvalue weighted by atomic mass is 9.96. The van der Waals surface area contributed by atoms with Crippen molar-refractivity contribution in [1.82, 2.24) is 0 Å². The number of halogens is 3. The first-order valence-electron chi connectivity index (χ1n) is 5.82. The van der Waals surface area contributed by atoms with Crippen LogP contribution in [0, 0.1) is 17.5 Å².